The molecule has 3 aliphatic heterocycles. The van der Waals surface area contributed by atoms with E-state index in [1.54, 1.807) is 30.7 Å². The molecule has 0 spiro atoms. The Balaban J connectivity index is 1.30. The molecule has 2 aromatic rings. The Morgan fingerprint density at radius 3 is 2.57 bits per heavy atom. The number of ether oxygens (including phenoxy) is 1. The summed E-state index contributed by atoms with van der Waals surface area (Å²) in [4.78, 5) is 8.56. The zero-order chi connectivity index (χ0) is 20.8. The number of aromatic hydroxyl groups is 1. The second kappa shape index (κ2) is 7.05. The van der Waals surface area contributed by atoms with Crippen molar-refractivity contribution in [1.29, 1.82) is 0 Å². The molecule has 30 heavy (non-hydrogen) atoms. The molecule has 3 N–H and O–H groups in total. The summed E-state index contributed by atoms with van der Waals surface area (Å²) < 4.78 is 6.16. The van der Waals surface area contributed by atoms with E-state index in [2.05, 4.69) is 44.7 Å². The van der Waals surface area contributed by atoms with Gasteiger partial charge in [0.2, 0.25) is 5.88 Å². The van der Waals surface area contributed by atoms with Crippen LogP contribution in [0.15, 0.2) is 35.6 Å². The summed E-state index contributed by atoms with van der Waals surface area (Å²) in [7, 11) is 0. The van der Waals surface area contributed by atoms with Gasteiger partial charge in [0, 0.05) is 47.9 Å². The predicted molar refractivity (Wildman–Crippen MR) is 114 cm³/mol. The monoisotopic (exact) mass is 406 g/mol. The van der Waals surface area contributed by atoms with E-state index >= 15 is 0 Å². The molecule has 156 valence electrons. The summed E-state index contributed by atoms with van der Waals surface area (Å²) in [6.45, 7) is 5.09. The molecule has 8 heteroatoms. The van der Waals surface area contributed by atoms with Crippen LogP contribution >= 0.6 is 0 Å². The second-order valence-electron chi connectivity index (χ2n) is 9.05. The molecule has 2 fully saturated rings. The van der Waals surface area contributed by atoms with E-state index in [-0.39, 0.29) is 22.9 Å². The molecule has 3 aliphatic rings. The van der Waals surface area contributed by atoms with E-state index in [0.29, 0.717) is 23.8 Å². The fourth-order valence-corrected chi connectivity index (χ4v) is 4.93. The van der Waals surface area contributed by atoms with Gasteiger partial charge in [-0.05, 0) is 44.4 Å². The molecule has 8 nitrogen and oxygen atoms in total. The Bertz CT molecular complexity index is 1000. The molecule has 2 bridgehead atoms. The minimum Gasteiger partial charge on any atom is -0.506 e. The predicted octanol–water partition coefficient (Wildman–Crippen LogP) is 2.66. The first-order valence-electron chi connectivity index (χ1n) is 10.3. The molecule has 3 atom stereocenters. The van der Waals surface area contributed by atoms with Crippen molar-refractivity contribution in [3.05, 3.63) is 36.2 Å². The molecule has 5 rings (SSSR count). The average Bonchev–Trinajstić information content (AvgIpc) is 2.96. The van der Waals surface area contributed by atoms with Gasteiger partial charge in [-0.3, -0.25) is 4.99 Å². The number of aliphatic imine (C=N–C) groups is 1. The van der Waals surface area contributed by atoms with E-state index in [0.717, 1.165) is 24.0 Å². The smallest absolute Gasteiger partial charge is 0.233 e. The summed E-state index contributed by atoms with van der Waals surface area (Å²) >= 11 is 0. The third-order valence-electron chi connectivity index (χ3n) is 6.28. The molecule has 5 heterocycles. The first-order chi connectivity index (χ1) is 14.4. The SMILES string of the molecule is C[C@]12CC[C@](C)(CC(Oc3ccc(-c4ncc(C5=CNC=NC5)cc4O)nn3)C1)N2. The van der Waals surface area contributed by atoms with Crippen LogP contribution in [0.25, 0.3) is 17.0 Å². The van der Waals surface area contributed by atoms with E-state index in [1.165, 1.54) is 12.8 Å². The zero-order valence-electron chi connectivity index (χ0n) is 17.2. The quantitative estimate of drug-likeness (QED) is 0.717. The number of fused-ring (bicyclic) bond motifs is 2. The standard InChI is InChI=1S/C22H26N6O2/c1-21-5-6-22(2,28-21)9-16(8-21)30-19-4-3-17(26-27-19)20-18(29)7-14(12-25-20)15-10-23-13-24-11-15/h3-4,7,10,12-13,16,28-29H,5-6,8-9,11H2,1-2H3,(H,23,24)/t16?,21-,22+. The maximum absolute atomic E-state index is 10.5. The number of hydrogen-bond acceptors (Lipinski definition) is 8. The van der Waals surface area contributed by atoms with Crippen LogP contribution in [0.1, 0.15) is 45.1 Å². The molecule has 0 aromatic carbocycles. The van der Waals surface area contributed by atoms with Gasteiger partial charge in [0.15, 0.2) is 0 Å². The van der Waals surface area contributed by atoms with Crippen LogP contribution in [0.3, 0.4) is 0 Å². The molecule has 2 aromatic heterocycles. The zero-order valence-corrected chi connectivity index (χ0v) is 17.2. The van der Waals surface area contributed by atoms with Crippen molar-refractivity contribution in [1.82, 2.24) is 25.8 Å². The number of piperidine rings is 1. The van der Waals surface area contributed by atoms with Gasteiger partial charge in [0.25, 0.3) is 0 Å². The normalized spacial score (nSPS) is 29.9. The van der Waals surface area contributed by atoms with Crippen LogP contribution in [0.5, 0.6) is 11.6 Å². The van der Waals surface area contributed by atoms with Crippen LogP contribution in [0, 0.1) is 0 Å². The van der Waals surface area contributed by atoms with Crippen LogP contribution in [0.2, 0.25) is 0 Å². The van der Waals surface area contributed by atoms with E-state index in [9.17, 15) is 5.11 Å². The van der Waals surface area contributed by atoms with Crippen LogP contribution in [-0.2, 0) is 0 Å². The van der Waals surface area contributed by atoms with Crippen molar-refractivity contribution in [2.24, 2.45) is 4.99 Å². The van der Waals surface area contributed by atoms with E-state index in [1.807, 2.05) is 6.20 Å². The molecule has 0 saturated carbocycles. The highest BCUT2D eigenvalue weighted by Gasteiger charge is 2.49. The minimum atomic E-state index is 0.0571. The second-order valence-corrected chi connectivity index (χ2v) is 9.05. The highest BCUT2D eigenvalue weighted by atomic mass is 16.5. The first-order valence-corrected chi connectivity index (χ1v) is 10.3. The highest BCUT2D eigenvalue weighted by Crippen LogP contribution is 2.43. The van der Waals surface area contributed by atoms with Crippen molar-refractivity contribution < 1.29 is 9.84 Å². The highest BCUT2D eigenvalue weighted by molar-refractivity contribution is 5.75. The first kappa shape index (κ1) is 19.0. The van der Waals surface area contributed by atoms with Crippen molar-refractivity contribution in [3.63, 3.8) is 0 Å². The molecule has 0 amide bonds. The van der Waals surface area contributed by atoms with Crippen molar-refractivity contribution in [2.45, 2.75) is 56.7 Å². The summed E-state index contributed by atoms with van der Waals surface area (Å²) in [5.41, 5.74) is 2.94. The Kier molecular flexibility index (Phi) is 4.47. The molecular formula is C22H26N6O2. The van der Waals surface area contributed by atoms with Gasteiger partial charge >= 0.3 is 0 Å². The fraction of sp³-hybridized carbons (Fsp3) is 0.455. The lowest BCUT2D eigenvalue weighted by Crippen LogP contribution is -2.56. The maximum atomic E-state index is 10.5. The minimum absolute atomic E-state index is 0.0571. The maximum Gasteiger partial charge on any atom is 0.233 e. The number of rotatable bonds is 4. The van der Waals surface area contributed by atoms with Gasteiger partial charge in [-0.2, -0.15) is 0 Å². The van der Waals surface area contributed by atoms with Crippen molar-refractivity contribution in [2.75, 3.05) is 6.54 Å². The summed E-state index contributed by atoms with van der Waals surface area (Å²) in [5.74, 6) is 0.561. The third kappa shape index (κ3) is 3.63. The van der Waals surface area contributed by atoms with Crippen LogP contribution < -0.4 is 15.4 Å². The summed E-state index contributed by atoms with van der Waals surface area (Å²) in [6, 6.07) is 5.26. The molecule has 0 radical (unpaired) electrons. The van der Waals surface area contributed by atoms with Gasteiger partial charge in [0.1, 0.15) is 23.2 Å². The van der Waals surface area contributed by atoms with Crippen LogP contribution in [0.4, 0.5) is 0 Å². The molecule has 2 saturated heterocycles. The fourth-order valence-electron chi connectivity index (χ4n) is 4.93. The third-order valence-corrected chi connectivity index (χ3v) is 6.28. The number of nitrogens with zero attached hydrogens (tertiary/aromatic N) is 4. The lowest BCUT2D eigenvalue weighted by Gasteiger charge is -2.41. The van der Waals surface area contributed by atoms with Gasteiger partial charge < -0.3 is 20.5 Å². The lowest BCUT2D eigenvalue weighted by atomic mass is 9.86. The van der Waals surface area contributed by atoms with Gasteiger partial charge in [-0.1, -0.05) is 0 Å². The van der Waals surface area contributed by atoms with Gasteiger partial charge in [0.05, 0.1) is 12.9 Å². The molecular weight excluding hydrogens is 380 g/mol. The average molecular weight is 406 g/mol. The Morgan fingerprint density at radius 2 is 1.93 bits per heavy atom. The largest absolute Gasteiger partial charge is 0.506 e. The summed E-state index contributed by atoms with van der Waals surface area (Å²) in [6.07, 6.45) is 9.59. The van der Waals surface area contributed by atoms with Crippen molar-refractivity contribution >= 4 is 11.9 Å². The lowest BCUT2D eigenvalue weighted by molar-refractivity contribution is 0.0754. The summed E-state index contributed by atoms with van der Waals surface area (Å²) in [5, 5.41) is 25.7. The Labute approximate surface area is 175 Å². The Hall–Kier alpha value is -3.00. The van der Waals surface area contributed by atoms with Crippen LogP contribution in [-0.4, -0.2) is 50.4 Å². The number of aromatic nitrogens is 3. The van der Waals surface area contributed by atoms with E-state index < -0.39 is 0 Å². The number of pyridine rings is 1. The van der Waals surface area contributed by atoms with Gasteiger partial charge in [-0.25, -0.2) is 4.98 Å². The molecule has 1 unspecified atom stereocenters. The Morgan fingerprint density at radius 1 is 1.13 bits per heavy atom. The van der Waals surface area contributed by atoms with Gasteiger partial charge in [-0.15, -0.1) is 10.2 Å². The topological polar surface area (TPSA) is 105 Å². The van der Waals surface area contributed by atoms with Crippen molar-refractivity contribution in [3.8, 4) is 23.0 Å². The number of nitrogens with one attached hydrogen (secondary N) is 2. The van der Waals surface area contributed by atoms with E-state index in [4.69, 9.17) is 4.74 Å². The number of hydrogen-bond donors (Lipinski definition) is 3. The molecule has 0 aliphatic carbocycles.